The van der Waals surface area contributed by atoms with Gasteiger partial charge in [-0.1, -0.05) is 67.3 Å². The Morgan fingerprint density at radius 2 is 1.64 bits per heavy atom. The third-order valence-electron chi connectivity index (χ3n) is 7.00. The summed E-state index contributed by atoms with van der Waals surface area (Å²) in [7, 11) is 0. The van der Waals surface area contributed by atoms with Gasteiger partial charge in [0.1, 0.15) is 5.76 Å². The lowest BCUT2D eigenvalue weighted by Crippen LogP contribution is -2.14. The van der Waals surface area contributed by atoms with Crippen LogP contribution in [0.2, 0.25) is 0 Å². The molecule has 2 aromatic heterocycles. The van der Waals surface area contributed by atoms with Crippen LogP contribution in [0.15, 0.2) is 70.7 Å². The van der Waals surface area contributed by atoms with Gasteiger partial charge < -0.3 is 8.98 Å². The van der Waals surface area contributed by atoms with Crippen molar-refractivity contribution in [2.75, 3.05) is 0 Å². The molecule has 2 aliphatic rings. The van der Waals surface area contributed by atoms with Crippen molar-refractivity contribution in [2.24, 2.45) is 0 Å². The summed E-state index contributed by atoms with van der Waals surface area (Å²) in [6.07, 6.45) is 7.59. The largest absolute Gasteiger partial charge is 0.454 e. The molecule has 164 valence electrons. The standard InChI is InChI=1S/C29H25NO3/c1-18-12-13-22-23(14-18)29(32)24(28(22)31)15-21-16-27-25(30(21)20-10-6-3-7-11-20)17-26(33-27)19-8-4-2-5-9-19/h2,4-5,8-9,12-17,20H,3,6-7,10-11H2,1H3/b24-15-. The molecule has 4 heteroatoms. The number of rotatable bonds is 3. The summed E-state index contributed by atoms with van der Waals surface area (Å²) < 4.78 is 8.54. The molecule has 1 fully saturated rings. The minimum Gasteiger partial charge on any atom is -0.454 e. The van der Waals surface area contributed by atoms with Crippen LogP contribution in [0.1, 0.15) is 70.1 Å². The zero-order chi connectivity index (χ0) is 22.5. The number of carbonyl (C=O) groups excluding carboxylic acids is 2. The minimum atomic E-state index is -0.187. The molecule has 2 heterocycles. The maximum absolute atomic E-state index is 13.1. The molecule has 0 bridgehead atoms. The van der Waals surface area contributed by atoms with Crippen molar-refractivity contribution in [3.8, 4) is 11.3 Å². The summed E-state index contributed by atoms with van der Waals surface area (Å²) in [5.74, 6) is 0.463. The van der Waals surface area contributed by atoms with Crippen molar-refractivity contribution in [1.82, 2.24) is 4.57 Å². The Bertz CT molecular complexity index is 1430. The average molecular weight is 436 g/mol. The fourth-order valence-electron chi connectivity index (χ4n) is 5.35. The second-order valence-corrected chi connectivity index (χ2v) is 9.22. The number of hydrogen-bond acceptors (Lipinski definition) is 3. The Labute approximate surface area is 192 Å². The topological polar surface area (TPSA) is 52.2 Å². The monoisotopic (exact) mass is 435 g/mol. The number of ketones is 2. The van der Waals surface area contributed by atoms with Crippen LogP contribution in [-0.4, -0.2) is 16.1 Å². The number of Topliss-reactive ketones (excluding diaryl/α,β-unsaturated/α-hetero) is 2. The van der Waals surface area contributed by atoms with E-state index in [1.165, 1.54) is 19.3 Å². The molecular formula is C29H25NO3. The van der Waals surface area contributed by atoms with Crippen molar-refractivity contribution in [2.45, 2.75) is 45.1 Å². The van der Waals surface area contributed by atoms with Crippen molar-refractivity contribution < 1.29 is 14.0 Å². The summed E-state index contributed by atoms with van der Waals surface area (Å²) >= 11 is 0. The first-order chi connectivity index (χ1) is 16.1. The van der Waals surface area contributed by atoms with Crippen molar-refractivity contribution in [1.29, 1.82) is 0 Å². The van der Waals surface area contributed by atoms with Crippen LogP contribution in [0.25, 0.3) is 28.5 Å². The highest BCUT2D eigenvalue weighted by atomic mass is 16.3. The Balaban J connectivity index is 1.49. The van der Waals surface area contributed by atoms with Gasteiger partial charge >= 0.3 is 0 Å². The van der Waals surface area contributed by atoms with Crippen molar-refractivity contribution >= 4 is 28.7 Å². The number of nitrogens with zero attached hydrogens (tertiary/aromatic N) is 1. The second kappa shape index (κ2) is 7.73. The third kappa shape index (κ3) is 3.29. The molecule has 0 radical (unpaired) electrons. The predicted octanol–water partition coefficient (Wildman–Crippen LogP) is 7.18. The molecule has 0 N–H and O–H groups in total. The number of hydrogen-bond donors (Lipinski definition) is 0. The maximum Gasteiger partial charge on any atom is 0.197 e. The molecule has 4 nitrogen and oxygen atoms in total. The molecule has 0 spiro atoms. The molecular weight excluding hydrogens is 410 g/mol. The molecule has 2 aromatic carbocycles. The van der Waals surface area contributed by atoms with Crippen LogP contribution >= 0.6 is 0 Å². The highest BCUT2D eigenvalue weighted by Gasteiger charge is 2.34. The van der Waals surface area contributed by atoms with E-state index in [2.05, 4.69) is 10.6 Å². The Morgan fingerprint density at radius 1 is 0.879 bits per heavy atom. The Hall–Kier alpha value is -3.66. The molecule has 0 atom stereocenters. The summed E-state index contributed by atoms with van der Waals surface area (Å²) in [4.78, 5) is 26.2. The average Bonchev–Trinajstić information content (AvgIpc) is 3.46. The van der Waals surface area contributed by atoms with Gasteiger partial charge in [-0.15, -0.1) is 0 Å². The Morgan fingerprint density at radius 3 is 2.42 bits per heavy atom. The predicted molar refractivity (Wildman–Crippen MR) is 130 cm³/mol. The van der Waals surface area contributed by atoms with Gasteiger partial charge in [0.15, 0.2) is 17.1 Å². The van der Waals surface area contributed by atoms with E-state index in [0.717, 1.165) is 46.5 Å². The molecule has 0 unspecified atom stereocenters. The first kappa shape index (κ1) is 20.0. The SMILES string of the molecule is Cc1ccc2c(c1)C(=O)/C(=C\c1cc3oc(-c4ccccc4)cc3n1C1CCCCC1)C2=O. The molecule has 2 aliphatic carbocycles. The van der Waals surface area contributed by atoms with E-state index >= 15 is 0 Å². The first-order valence-electron chi connectivity index (χ1n) is 11.7. The zero-order valence-corrected chi connectivity index (χ0v) is 18.6. The van der Waals surface area contributed by atoms with Crippen LogP contribution in [0.5, 0.6) is 0 Å². The zero-order valence-electron chi connectivity index (χ0n) is 18.6. The van der Waals surface area contributed by atoms with Crippen LogP contribution in [-0.2, 0) is 0 Å². The molecule has 0 aliphatic heterocycles. The lowest BCUT2D eigenvalue weighted by Gasteiger charge is -2.25. The van der Waals surface area contributed by atoms with Gasteiger partial charge in [-0.2, -0.15) is 0 Å². The molecule has 6 rings (SSSR count). The van der Waals surface area contributed by atoms with Gasteiger partial charge in [-0.05, 0) is 31.9 Å². The molecule has 4 aromatic rings. The highest BCUT2D eigenvalue weighted by molar-refractivity contribution is 6.41. The number of fused-ring (bicyclic) bond motifs is 2. The number of benzene rings is 2. The van der Waals surface area contributed by atoms with Crippen molar-refractivity contribution in [3.05, 3.63) is 88.6 Å². The van der Waals surface area contributed by atoms with Gasteiger partial charge in [0.25, 0.3) is 0 Å². The normalized spacial score (nSPS) is 17.9. The van der Waals surface area contributed by atoms with Gasteiger partial charge in [0.05, 0.1) is 11.1 Å². The maximum atomic E-state index is 13.1. The first-order valence-corrected chi connectivity index (χ1v) is 11.7. The summed E-state index contributed by atoms with van der Waals surface area (Å²) in [6, 6.07) is 20.0. The number of carbonyl (C=O) groups is 2. The number of allylic oxidation sites excluding steroid dienone is 1. The van der Waals surface area contributed by atoms with E-state index in [-0.39, 0.29) is 17.1 Å². The summed E-state index contributed by atoms with van der Waals surface area (Å²) in [6.45, 7) is 1.94. The van der Waals surface area contributed by atoms with E-state index in [4.69, 9.17) is 4.42 Å². The van der Waals surface area contributed by atoms with Crippen LogP contribution in [0, 0.1) is 6.92 Å². The second-order valence-electron chi connectivity index (χ2n) is 9.22. The van der Waals surface area contributed by atoms with E-state index in [1.54, 1.807) is 12.1 Å². The van der Waals surface area contributed by atoms with E-state index < -0.39 is 0 Å². The summed E-state index contributed by atoms with van der Waals surface area (Å²) in [5.41, 5.74) is 5.96. The molecule has 0 amide bonds. The number of furan rings is 1. The van der Waals surface area contributed by atoms with Crippen LogP contribution in [0.3, 0.4) is 0 Å². The van der Waals surface area contributed by atoms with Crippen LogP contribution in [0.4, 0.5) is 0 Å². The minimum absolute atomic E-state index is 0.184. The molecule has 0 saturated heterocycles. The summed E-state index contributed by atoms with van der Waals surface area (Å²) in [5, 5.41) is 0. The lowest BCUT2D eigenvalue weighted by molar-refractivity contribution is 0.0990. The van der Waals surface area contributed by atoms with Gasteiger partial charge in [-0.25, -0.2) is 0 Å². The van der Waals surface area contributed by atoms with Crippen molar-refractivity contribution in [3.63, 3.8) is 0 Å². The highest BCUT2D eigenvalue weighted by Crippen LogP contribution is 2.38. The third-order valence-corrected chi connectivity index (χ3v) is 7.00. The lowest BCUT2D eigenvalue weighted by atomic mass is 9.95. The van der Waals surface area contributed by atoms with Gasteiger partial charge in [-0.3, -0.25) is 9.59 Å². The smallest absolute Gasteiger partial charge is 0.197 e. The molecule has 1 saturated carbocycles. The van der Waals surface area contributed by atoms with Gasteiger partial charge in [0.2, 0.25) is 0 Å². The van der Waals surface area contributed by atoms with E-state index in [0.29, 0.717) is 17.2 Å². The fourth-order valence-corrected chi connectivity index (χ4v) is 5.35. The van der Waals surface area contributed by atoms with E-state index in [1.807, 2.05) is 55.5 Å². The van der Waals surface area contributed by atoms with E-state index in [9.17, 15) is 9.59 Å². The number of aromatic nitrogens is 1. The molecule has 33 heavy (non-hydrogen) atoms. The number of aryl methyl sites for hydroxylation is 1. The Kier molecular flexibility index (Phi) is 4.68. The van der Waals surface area contributed by atoms with Crippen LogP contribution < -0.4 is 0 Å². The fraction of sp³-hybridized carbons (Fsp3) is 0.241. The van der Waals surface area contributed by atoms with Gasteiger partial charge in [0, 0.05) is 40.6 Å². The quantitative estimate of drug-likeness (QED) is 0.253.